The molecule has 146 valence electrons. The fourth-order valence-corrected chi connectivity index (χ4v) is 3.61. The van der Waals surface area contributed by atoms with E-state index in [4.69, 9.17) is 4.99 Å². The van der Waals surface area contributed by atoms with E-state index in [0.717, 1.165) is 32.0 Å². The maximum absolute atomic E-state index is 4.90. The molecular weight excluding hydrogens is 336 g/mol. The predicted molar refractivity (Wildman–Crippen MR) is 111 cm³/mol. The van der Waals surface area contributed by atoms with Gasteiger partial charge >= 0.3 is 0 Å². The fourth-order valence-electron chi connectivity index (χ4n) is 3.61. The van der Waals surface area contributed by atoms with E-state index in [0.29, 0.717) is 6.04 Å². The zero-order valence-corrected chi connectivity index (χ0v) is 16.6. The Bertz CT molecular complexity index is 702. The molecule has 2 N–H and O–H groups in total. The molecule has 3 rings (SSSR count). The van der Waals surface area contributed by atoms with Gasteiger partial charge in [-0.05, 0) is 50.4 Å². The van der Waals surface area contributed by atoms with Gasteiger partial charge in [-0.1, -0.05) is 30.3 Å². The van der Waals surface area contributed by atoms with Gasteiger partial charge in [-0.3, -0.25) is 14.6 Å². The van der Waals surface area contributed by atoms with Crippen molar-refractivity contribution < 1.29 is 0 Å². The largest absolute Gasteiger partial charge is 0.357 e. The van der Waals surface area contributed by atoms with E-state index < -0.39 is 0 Å². The molecule has 1 saturated heterocycles. The van der Waals surface area contributed by atoms with Crippen LogP contribution in [0.2, 0.25) is 0 Å². The molecule has 0 spiro atoms. The van der Waals surface area contributed by atoms with Crippen molar-refractivity contribution >= 4 is 5.96 Å². The summed E-state index contributed by atoms with van der Waals surface area (Å²) in [6, 6.07) is 11.1. The number of aromatic nitrogens is 2. The summed E-state index contributed by atoms with van der Waals surface area (Å²) in [6.45, 7) is 6.91. The van der Waals surface area contributed by atoms with Gasteiger partial charge in [-0.25, -0.2) is 0 Å². The minimum atomic E-state index is 0.350. The topological polar surface area (TPSA) is 57.5 Å². The third-order valence-corrected chi connectivity index (χ3v) is 5.00. The van der Waals surface area contributed by atoms with Crippen molar-refractivity contribution in [1.29, 1.82) is 0 Å². The Morgan fingerprint density at radius 1 is 1.19 bits per heavy atom. The first-order valence-corrected chi connectivity index (χ1v) is 10.0. The van der Waals surface area contributed by atoms with E-state index in [1.54, 1.807) is 0 Å². The Labute approximate surface area is 162 Å². The summed E-state index contributed by atoms with van der Waals surface area (Å²) in [6.07, 6.45) is 7.49. The number of hydrogen-bond donors (Lipinski definition) is 2. The Kier molecular flexibility index (Phi) is 7.27. The Morgan fingerprint density at radius 3 is 2.63 bits per heavy atom. The zero-order chi connectivity index (χ0) is 18.9. The van der Waals surface area contributed by atoms with Gasteiger partial charge < -0.3 is 10.6 Å². The van der Waals surface area contributed by atoms with Crippen molar-refractivity contribution in [2.45, 2.75) is 32.2 Å². The van der Waals surface area contributed by atoms with Crippen molar-refractivity contribution in [2.75, 3.05) is 32.7 Å². The molecule has 1 aliphatic heterocycles. The van der Waals surface area contributed by atoms with Crippen LogP contribution in [0.5, 0.6) is 0 Å². The SMILES string of the molecule is CCNC(=NCC(c1ccccc1)N1CCCC1)NCCc1cnn(C)c1. The monoisotopic (exact) mass is 368 g/mol. The average molecular weight is 369 g/mol. The summed E-state index contributed by atoms with van der Waals surface area (Å²) in [5.41, 5.74) is 2.59. The average Bonchev–Trinajstić information content (AvgIpc) is 3.35. The highest BCUT2D eigenvalue weighted by Crippen LogP contribution is 2.25. The van der Waals surface area contributed by atoms with Crippen LogP contribution < -0.4 is 10.6 Å². The van der Waals surface area contributed by atoms with Gasteiger partial charge in [0.25, 0.3) is 0 Å². The van der Waals surface area contributed by atoms with Crippen LogP contribution in [0.1, 0.15) is 36.9 Å². The lowest BCUT2D eigenvalue weighted by atomic mass is 10.1. The second kappa shape index (κ2) is 10.1. The number of likely N-dealkylation sites (tertiary alicyclic amines) is 1. The van der Waals surface area contributed by atoms with Gasteiger partial charge in [-0.15, -0.1) is 0 Å². The lowest BCUT2D eigenvalue weighted by Crippen LogP contribution is -2.39. The molecule has 1 unspecified atom stereocenters. The molecule has 0 aliphatic carbocycles. The molecule has 0 amide bonds. The minimum absolute atomic E-state index is 0.350. The summed E-state index contributed by atoms with van der Waals surface area (Å²) in [7, 11) is 1.95. The molecule has 6 heteroatoms. The first kappa shape index (κ1) is 19.4. The van der Waals surface area contributed by atoms with Crippen molar-refractivity contribution in [3.05, 3.63) is 53.9 Å². The Morgan fingerprint density at radius 2 is 1.96 bits per heavy atom. The first-order chi connectivity index (χ1) is 13.3. The molecular formula is C21H32N6. The maximum Gasteiger partial charge on any atom is 0.191 e. The number of hydrogen-bond acceptors (Lipinski definition) is 3. The normalized spacial score (nSPS) is 16.4. The first-order valence-electron chi connectivity index (χ1n) is 10.0. The van der Waals surface area contributed by atoms with E-state index in [-0.39, 0.29) is 0 Å². The molecule has 2 heterocycles. The maximum atomic E-state index is 4.90. The smallest absolute Gasteiger partial charge is 0.191 e. The molecule has 0 radical (unpaired) electrons. The molecule has 1 aromatic heterocycles. The van der Waals surface area contributed by atoms with Gasteiger partial charge in [0.1, 0.15) is 0 Å². The highest BCUT2D eigenvalue weighted by molar-refractivity contribution is 5.79. The standard InChI is InChI=1S/C21H32N6/c1-3-22-21(23-12-11-18-15-25-26(2)17-18)24-16-20(27-13-7-8-14-27)19-9-5-4-6-10-19/h4-6,9-10,15,17,20H,3,7-8,11-14,16H2,1-2H3,(H2,22,23,24). The van der Waals surface area contributed by atoms with Crippen LogP contribution in [-0.4, -0.2) is 53.4 Å². The molecule has 6 nitrogen and oxygen atoms in total. The zero-order valence-electron chi connectivity index (χ0n) is 16.6. The summed E-state index contributed by atoms with van der Waals surface area (Å²) >= 11 is 0. The van der Waals surface area contributed by atoms with E-state index in [1.807, 2.05) is 17.9 Å². The molecule has 1 atom stereocenters. The number of aryl methyl sites for hydroxylation is 1. The lowest BCUT2D eigenvalue weighted by molar-refractivity contribution is 0.251. The second-order valence-corrected chi connectivity index (χ2v) is 7.09. The van der Waals surface area contributed by atoms with Crippen molar-refractivity contribution in [3.8, 4) is 0 Å². The number of nitrogens with one attached hydrogen (secondary N) is 2. The Balaban J connectivity index is 1.61. The van der Waals surface area contributed by atoms with Gasteiger partial charge in [0, 0.05) is 26.3 Å². The Hall–Kier alpha value is -2.34. The summed E-state index contributed by atoms with van der Waals surface area (Å²) < 4.78 is 1.84. The predicted octanol–water partition coefficient (Wildman–Crippen LogP) is 2.35. The van der Waals surface area contributed by atoms with Gasteiger partial charge in [0.05, 0.1) is 18.8 Å². The van der Waals surface area contributed by atoms with Gasteiger partial charge in [-0.2, -0.15) is 5.10 Å². The van der Waals surface area contributed by atoms with Crippen molar-refractivity contribution in [2.24, 2.45) is 12.0 Å². The van der Waals surface area contributed by atoms with E-state index in [1.165, 1.54) is 37.1 Å². The highest BCUT2D eigenvalue weighted by atomic mass is 15.2. The van der Waals surface area contributed by atoms with Crippen molar-refractivity contribution in [1.82, 2.24) is 25.3 Å². The molecule has 1 aromatic carbocycles. The third-order valence-electron chi connectivity index (χ3n) is 5.00. The molecule has 2 aromatic rings. The van der Waals surface area contributed by atoms with Crippen LogP contribution in [0.3, 0.4) is 0 Å². The van der Waals surface area contributed by atoms with Crippen LogP contribution >= 0.6 is 0 Å². The van der Waals surface area contributed by atoms with E-state index in [9.17, 15) is 0 Å². The van der Waals surface area contributed by atoms with Crippen LogP contribution in [0.25, 0.3) is 0 Å². The highest BCUT2D eigenvalue weighted by Gasteiger charge is 2.23. The summed E-state index contributed by atoms with van der Waals surface area (Å²) in [5.74, 6) is 0.890. The number of aliphatic imine (C=N–C) groups is 1. The lowest BCUT2D eigenvalue weighted by Gasteiger charge is -2.27. The van der Waals surface area contributed by atoms with E-state index in [2.05, 4.69) is 64.1 Å². The molecule has 1 fully saturated rings. The quantitative estimate of drug-likeness (QED) is 0.555. The molecule has 27 heavy (non-hydrogen) atoms. The second-order valence-electron chi connectivity index (χ2n) is 7.09. The summed E-state index contributed by atoms with van der Waals surface area (Å²) in [5, 5.41) is 11.1. The van der Waals surface area contributed by atoms with Crippen LogP contribution in [0.15, 0.2) is 47.7 Å². The minimum Gasteiger partial charge on any atom is -0.357 e. The number of rotatable bonds is 8. The fraction of sp³-hybridized carbons (Fsp3) is 0.524. The van der Waals surface area contributed by atoms with Crippen molar-refractivity contribution in [3.63, 3.8) is 0 Å². The van der Waals surface area contributed by atoms with Crippen LogP contribution in [0, 0.1) is 0 Å². The van der Waals surface area contributed by atoms with Gasteiger partial charge in [0.15, 0.2) is 5.96 Å². The molecule has 0 saturated carbocycles. The van der Waals surface area contributed by atoms with Crippen LogP contribution in [-0.2, 0) is 13.5 Å². The van der Waals surface area contributed by atoms with Gasteiger partial charge in [0.2, 0.25) is 0 Å². The summed E-state index contributed by atoms with van der Waals surface area (Å²) in [4.78, 5) is 7.47. The number of nitrogens with zero attached hydrogens (tertiary/aromatic N) is 4. The third kappa shape index (κ3) is 5.82. The van der Waals surface area contributed by atoms with Crippen LogP contribution in [0.4, 0.5) is 0 Å². The number of benzene rings is 1. The molecule has 1 aliphatic rings. The van der Waals surface area contributed by atoms with E-state index >= 15 is 0 Å². The number of guanidine groups is 1. The molecule has 0 bridgehead atoms.